The highest BCUT2D eigenvalue weighted by Gasteiger charge is 2.29. The number of halogens is 2. The molecule has 2 aromatic carbocycles. The molecule has 1 aromatic heterocycles. The topological polar surface area (TPSA) is 92.3 Å². The van der Waals surface area contributed by atoms with Crippen LogP contribution >= 0.6 is 34.5 Å². The van der Waals surface area contributed by atoms with Crippen LogP contribution in [-0.4, -0.2) is 41.9 Å². The van der Waals surface area contributed by atoms with E-state index in [1.165, 1.54) is 33.8 Å². The Bertz CT molecular complexity index is 1240. The quantitative estimate of drug-likeness (QED) is 0.509. The minimum absolute atomic E-state index is 0.0423. The van der Waals surface area contributed by atoms with Gasteiger partial charge in [0.2, 0.25) is 15.2 Å². The first kappa shape index (κ1) is 23.1. The van der Waals surface area contributed by atoms with Crippen molar-refractivity contribution in [2.24, 2.45) is 5.92 Å². The molecule has 0 atom stereocenters. The van der Waals surface area contributed by atoms with Crippen molar-refractivity contribution in [3.63, 3.8) is 0 Å². The Morgan fingerprint density at radius 3 is 2.47 bits per heavy atom. The fourth-order valence-corrected chi connectivity index (χ4v) is 5.93. The highest BCUT2D eigenvalue weighted by Crippen LogP contribution is 2.30. The second-order valence-corrected chi connectivity index (χ2v) is 11.4. The van der Waals surface area contributed by atoms with Crippen molar-refractivity contribution in [2.45, 2.75) is 24.7 Å². The fourth-order valence-electron chi connectivity index (χ4n) is 3.36. The molecule has 1 saturated heterocycles. The number of sulfonamides is 1. The van der Waals surface area contributed by atoms with E-state index in [1.54, 1.807) is 24.3 Å². The molecule has 0 aliphatic carbocycles. The summed E-state index contributed by atoms with van der Waals surface area (Å²) in [5, 5.41) is 12.4. The smallest absolute Gasteiger partial charge is 0.259 e. The summed E-state index contributed by atoms with van der Waals surface area (Å²) in [5.41, 5.74) is 0.871. The first-order valence-corrected chi connectivity index (χ1v) is 13.0. The van der Waals surface area contributed by atoms with Crippen molar-refractivity contribution in [3.05, 3.63) is 58.1 Å². The van der Waals surface area contributed by atoms with Gasteiger partial charge in [-0.2, -0.15) is 4.31 Å². The molecule has 0 radical (unpaired) electrons. The van der Waals surface area contributed by atoms with Gasteiger partial charge >= 0.3 is 0 Å². The number of hydrogen-bond donors (Lipinski definition) is 1. The third kappa shape index (κ3) is 4.97. The van der Waals surface area contributed by atoms with E-state index in [0.29, 0.717) is 29.0 Å². The maximum atomic E-state index is 13.0. The maximum absolute atomic E-state index is 13.0. The molecule has 0 bridgehead atoms. The van der Waals surface area contributed by atoms with Crippen LogP contribution in [0.15, 0.2) is 47.4 Å². The fraction of sp³-hybridized carbons (Fsp3) is 0.286. The molecule has 168 valence electrons. The molecule has 0 saturated carbocycles. The number of anilines is 1. The van der Waals surface area contributed by atoms with Gasteiger partial charge in [-0.3, -0.25) is 10.1 Å². The molecule has 3 aromatic rings. The second kappa shape index (κ2) is 9.44. The van der Waals surface area contributed by atoms with Crippen molar-refractivity contribution < 1.29 is 13.2 Å². The number of aromatic nitrogens is 2. The number of nitrogens with one attached hydrogen (secondary N) is 1. The van der Waals surface area contributed by atoms with Crippen LogP contribution in [0.4, 0.5) is 5.13 Å². The predicted molar refractivity (Wildman–Crippen MR) is 127 cm³/mol. The zero-order valence-electron chi connectivity index (χ0n) is 17.1. The Morgan fingerprint density at radius 1 is 1.09 bits per heavy atom. The number of hydrogen-bond acceptors (Lipinski definition) is 6. The Hall–Kier alpha value is -2.04. The second-order valence-electron chi connectivity index (χ2n) is 7.60. The van der Waals surface area contributed by atoms with E-state index in [2.05, 4.69) is 22.4 Å². The van der Waals surface area contributed by atoms with Gasteiger partial charge in [0.05, 0.1) is 15.5 Å². The average molecular weight is 511 g/mol. The molecule has 1 N–H and O–H groups in total. The lowest BCUT2D eigenvalue weighted by Gasteiger charge is -2.29. The van der Waals surface area contributed by atoms with Crippen LogP contribution in [0.1, 0.15) is 30.1 Å². The Labute approximate surface area is 200 Å². The summed E-state index contributed by atoms with van der Waals surface area (Å²) in [5.74, 6) is -0.0594. The number of piperidine rings is 1. The van der Waals surface area contributed by atoms with Crippen LogP contribution in [0.25, 0.3) is 10.6 Å². The highest BCUT2D eigenvalue weighted by molar-refractivity contribution is 7.89. The molecule has 7 nitrogen and oxygen atoms in total. The van der Waals surface area contributed by atoms with Crippen LogP contribution in [0.3, 0.4) is 0 Å². The van der Waals surface area contributed by atoms with Crippen molar-refractivity contribution in [2.75, 3.05) is 18.4 Å². The van der Waals surface area contributed by atoms with E-state index in [9.17, 15) is 13.2 Å². The summed E-state index contributed by atoms with van der Waals surface area (Å²) in [6.45, 7) is 3.04. The number of amides is 1. The number of carbonyl (C=O) groups is 1. The lowest BCUT2D eigenvalue weighted by molar-refractivity contribution is 0.102. The first-order chi connectivity index (χ1) is 15.2. The summed E-state index contributed by atoms with van der Waals surface area (Å²) in [7, 11) is -3.71. The van der Waals surface area contributed by atoms with E-state index in [-0.39, 0.29) is 20.6 Å². The Kier molecular flexibility index (Phi) is 6.83. The van der Waals surface area contributed by atoms with Crippen molar-refractivity contribution in [3.8, 4) is 10.6 Å². The Balaban J connectivity index is 1.54. The molecular formula is C21H20Cl2N4O3S2. The van der Waals surface area contributed by atoms with Crippen LogP contribution in [0, 0.1) is 5.92 Å². The lowest BCUT2D eigenvalue weighted by atomic mass is 10.0. The number of benzene rings is 2. The third-order valence-electron chi connectivity index (χ3n) is 5.30. The Morgan fingerprint density at radius 2 is 1.78 bits per heavy atom. The van der Waals surface area contributed by atoms with Crippen LogP contribution in [-0.2, 0) is 10.0 Å². The SMILES string of the molecule is CC1CCN(S(=O)(=O)c2ccc(Cl)c(C(=O)Nc3nnc(-c4ccc(Cl)cc4)s3)c2)CC1. The van der Waals surface area contributed by atoms with Gasteiger partial charge in [-0.05, 0) is 49.1 Å². The number of rotatable bonds is 5. The number of carbonyl (C=O) groups excluding carboxylic acids is 1. The summed E-state index contributed by atoms with van der Waals surface area (Å²) in [4.78, 5) is 12.9. The summed E-state index contributed by atoms with van der Waals surface area (Å²) in [6, 6.07) is 11.3. The minimum atomic E-state index is -3.71. The highest BCUT2D eigenvalue weighted by atomic mass is 35.5. The third-order valence-corrected chi connectivity index (χ3v) is 8.66. The molecular weight excluding hydrogens is 491 g/mol. The first-order valence-electron chi connectivity index (χ1n) is 9.94. The van der Waals surface area contributed by atoms with E-state index in [4.69, 9.17) is 23.2 Å². The van der Waals surface area contributed by atoms with Crippen LogP contribution in [0.2, 0.25) is 10.0 Å². The van der Waals surface area contributed by atoms with Gasteiger partial charge in [-0.1, -0.05) is 53.6 Å². The van der Waals surface area contributed by atoms with E-state index in [0.717, 1.165) is 18.4 Å². The molecule has 1 amide bonds. The standard InChI is InChI=1S/C21H20Cl2N4O3S2/c1-13-8-10-27(11-9-13)32(29,30)16-6-7-18(23)17(12-16)19(28)24-21-26-25-20(31-21)14-2-4-15(22)5-3-14/h2-7,12-13H,8-11H2,1H3,(H,24,26,28). The van der Waals surface area contributed by atoms with Gasteiger partial charge in [0, 0.05) is 23.7 Å². The van der Waals surface area contributed by atoms with Crippen molar-refractivity contribution in [1.82, 2.24) is 14.5 Å². The minimum Gasteiger partial charge on any atom is -0.296 e. The van der Waals surface area contributed by atoms with Crippen molar-refractivity contribution >= 4 is 55.6 Å². The van der Waals surface area contributed by atoms with E-state index in [1.807, 2.05) is 0 Å². The molecule has 32 heavy (non-hydrogen) atoms. The van der Waals surface area contributed by atoms with Gasteiger partial charge < -0.3 is 0 Å². The van der Waals surface area contributed by atoms with Gasteiger partial charge in [0.1, 0.15) is 5.01 Å². The zero-order chi connectivity index (χ0) is 22.9. The van der Waals surface area contributed by atoms with E-state index >= 15 is 0 Å². The molecule has 1 fully saturated rings. The van der Waals surface area contributed by atoms with Crippen LogP contribution in [0.5, 0.6) is 0 Å². The average Bonchev–Trinajstić information content (AvgIpc) is 3.23. The summed E-state index contributed by atoms with van der Waals surface area (Å²) >= 11 is 13.3. The van der Waals surface area contributed by atoms with Crippen LogP contribution < -0.4 is 5.32 Å². The zero-order valence-corrected chi connectivity index (χ0v) is 20.2. The monoisotopic (exact) mass is 510 g/mol. The van der Waals surface area contributed by atoms with Gasteiger partial charge in [0.15, 0.2) is 0 Å². The lowest BCUT2D eigenvalue weighted by Crippen LogP contribution is -2.37. The van der Waals surface area contributed by atoms with Gasteiger partial charge in [0.25, 0.3) is 5.91 Å². The predicted octanol–water partition coefficient (Wildman–Crippen LogP) is 5.18. The number of nitrogens with zero attached hydrogens (tertiary/aromatic N) is 3. The molecule has 1 aliphatic heterocycles. The van der Waals surface area contributed by atoms with Gasteiger partial charge in [-0.25, -0.2) is 8.42 Å². The largest absolute Gasteiger partial charge is 0.296 e. The molecule has 1 aliphatic rings. The maximum Gasteiger partial charge on any atom is 0.259 e. The van der Waals surface area contributed by atoms with E-state index < -0.39 is 15.9 Å². The molecule has 2 heterocycles. The normalized spacial score (nSPS) is 15.6. The molecule has 11 heteroatoms. The molecule has 0 spiro atoms. The summed E-state index contributed by atoms with van der Waals surface area (Å²) < 4.78 is 27.5. The summed E-state index contributed by atoms with van der Waals surface area (Å²) in [6.07, 6.45) is 1.63. The molecule has 4 rings (SSSR count). The van der Waals surface area contributed by atoms with Crippen molar-refractivity contribution in [1.29, 1.82) is 0 Å². The van der Waals surface area contributed by atoms with Gasteiger partial charge in [-0.15, -0.1) is 10.2 Å². The molecule has 0 unspecified atom stereocenters.